The van der Waals surface area contributed by atoms with Gasteiger partial charge in [0, 0.05) is 41.5 Å². The summed E-state index contributed by atoms with van der Waals surface area (Å²) in [5.74, 6) is 0.589. The maximum atomic E-state index is 5.23. The summed E-state index contributed by atoms with van der Waals surface area (Å²) in [4.78, 5) is 16.2. The fourth-order valence-corrected chi connectivity index (χ4v) is 3.93. The highest BCUT2D eigenvalue weighted by atomic mass is 16.5. The van der Waals surface area contributed by atoms with E-state index in [0.717, 1.165) is 22.5 Å². The van der Waals surface area contributed by atoms with Gasteiger partial charge in [0.25, 0.3) is 0 Å². The molecule has 1 unspecified atom stereocenters. The smallest absolute Gasteiger partial charge is 0.212 e. The van der Waals surface area contributed by atoms with E-state index < -0.39 is 0 Å². The number of anilines is 1. The van der Waals surface area contributed by atoms with Crippen LogP contribution in [0.2, 0.25) is 0 Å². The largest absolute Gasteiger partial charge is 0.481 e. The summed E-state index contributed by atoms with van der Waals surface area (Å²) in [6.45, 7) is 0.639. The average Bonchev–Trinajstić information content (AvgIpc) is 2.85. The second-order valence-electron chi connectivity index (χ2n) is 7.34. The van der Waals surface area contributed by atoms with Crippen LogP contribution in [-0.2, 0) is 6.54 Å². The van der Waals surface area contributed by atoms with Gasteiger partial charge < -0.3 is 9.64 Å². The Morgan fingerprint density at radius 2 is 1.74 bits per heavy atom. The van der Waals surface area contributed by atoms with Gasteiger partial charge >= 0.3 is 0 Å². The van der Waals surface area contributed by atoms with Crippen LogP contribution in [0.25, 0.3) is 11.1 Å². The zero-order valence-electron chi connectivity index (χ0n) is 17.2. The van der Waals surface area contributed by atoms with Gasteiger partial charge in [-0.25, -0.2) is 4.98 Å². The molecule has 5 rings (SSSR count). The molecule has 5 heteroatoms. The highest BCUT2D eigenvalue weighted by Gasteiger charge is 2.27. The van der Waals surface area contributed by atoms with Crippen molar-refractivity contribution in [3.8, 4) is 17.0 Å². The Morgan fingerprint density at radius 3 is 2.48 bits per heavy atom. The van der Waals surface area contributed by atoms with E-state index in [0.29, 0.717) is 12.4 Å². The number of ether oxygens (including phenoxy) is 1. The Morgan fingerprint density at radius 1 is 0.871 bits per heavy atom. The summed E-state index contributed by atoms with van der Waals surface area (Å²) >= 11 is 0. The molecule has 31 heavy (non-hydrogen) atoms. The second-order valence-corrected chi connectivity index (χ2v) is 7.34. The van der Waals surface area contributed by atoms with Crippen LogP contribution in [0.3, 0.4) is 0 Å². The first-order chi connectivity index (χ1) is 15.3. The highest BCUT2D eigenvalue weighted by molar-refractivity contribution is 5.98. The lowest BCUT2D eigenvalue weighted by atomic mass is 9.96. The number of hydrogen-bond donors (Lipinski definition) is 0. The first kappa shape index (κ1) is 19.0. The van der Waals surface area contributed by atoms with E-state index in [1.54, 1.807) is 7.11 Å². The van der Waals surface area contributed by atoms with E-state index in [1.807, 2.05) is 55.0 Å². The minimum atomic E-state index is -0.195. The van der Waals surface area contributed by atoms with Crippen molar-refractivity contribution in [3.05, 3.63) is 108 Å². The van der Waals surface area contributed by atoms with Gasteiger partial charge in [-0.1, -0.05) is 48.5 Å². The predicted octanol–water partition coefficient (Wildman–Crippen LogP) is 5.29. The number of nitrogens with zero attached hydrogens (tertiary/aromatic N) is 4. The molecule has 2 aromatic heterocycles. The van der Waals surface area contributed by atoms with E-state index in [2.05, 4.69) is 57.3 Å². The van der Waals surface area contributed by atoms with E-state index in [9.17, 15) is 0 Å². The molecule has 152 valence electrons. The normalized spacial score (nSPS) is 14.9. The van der Waals surface area contributed by atoms with E-state index >= 15 is 0 Å². The molecule has 5 nitrogen and oxygen atoms in total. The van der Waals surface area contributed by atoms with Crippen LogP contribution >= 0.6 is 0 Å². The predicted molar refractivity (Wildman–Crippen MR) is 123 cm³/mol. The SMILES string of the molecule is COc1ccc(C2N=Cc3c(-c4ccccc4)cccc3N2Cc2ccccn2)cn1. The third-order valence-corrected chi connectivity index (χ3v) is 5.44. The third-order valence-electron chi connectivity index (χ3n) is 5.44. The highest BCUT2D eigenvalue weighted by Crippen LogP contribution is 2.39. The molecule has 0 fully saturated rings. The van der Waals surface area contributed by atoms with Gasteiger partial charge in [0.15, 0.2) is 0 Å². The molecule has 1 atom stereocenters. The van der Waals surface area contributed by atoms with Crippen molar-refractivity contribution in [2.75, 3.05) is 12.0 Å². The quantitative estimate of drug-likeness (QED) is 0.452. The van der Waals surface area contributed by atoms with Gasteiger partial charge in [0.2, 0.25) is 5.88 Å². The lowest BCUT2D eigenvalue weighted by Gasteiger charge is -2.35. The molecule has 0 radical (unpaired) electrons. The van der Waals surface area contributed by atoms with Crippen molar-refractivity contribution >= 4 is 11.9 Å². The molecule has 0 amide bonds. The van der Waals surface area contributed by atoms with Crippen LogP contribution in [0.5, 0.6) is 5.88 Å². The molecule has 0 saturated heterocycles. The van der Waals surface area contributed by atoms with Crippen molar-refractivity contribution in [1.82, 2.24) is 9.97 Å². The summed E-state index contributed by atoms with van der Waals surface area (Å²) in [6.07, 6.45) is 5.45. The number of fused-ring (bicyclic) bond motifs is 1. The number of aliphatic imine (C=N–C) groups is 1. The zero-order valence-corrected chi connectivity index (χ0v) is 17.2. The van der Waals surface area contributed by atoms with Gasteiger partial charge in [-0.2, -0.15) is 0 Å². The molecular formula is C26H22N4O. The van der Waals surface area contributed by atoms with Crippen molar-refractivity contribution in [2.45, 2.75) is 12.7 Å². The molecule has 2 aromatic carbocycles. The van der Waals surface area contributed by atoms with Gasteiger partial charge in [0.05, 0.1) is 19.3 Å². The molecule has 3 heterocycles. The Bertz CT molecular complexity index is 1190. The third kappa shape index (κ3) is 3.78. The average molecular weight is 406 g/mol. The number of hydrogen-bond acceptors (Lipinski definition) is 5. The van der Waals surface area contributed by atoms with Gasteiger partial charge in [-0.05, 0) is 35.4 Å². The molecule has 4 aromatic rings. The summed E-state index contributed by atoms with van der Waals surface area (Å²) < 4.78 is 5.23. The van der Waals surface area contributed by atoms with Crippen LogP contribution in [0.15, 0.2) is 96.2 Å². The fraction of sp³-hybridized carbons (Fsp3) is 0.115. The molecule has 0 aliphatic carbocycles. The summed E-state index contributed by atoms with van der Waals surface area (Å²) in [6, 6.07) is 26.7. The molecule has 0 saturated carbocycles. The van der Waals surface area contributed by atoms with Gasteiger partial charge in [-0.3, -0.25) is 9.98 Å². The molecule has 1 aliphatic heterocycles. The summed E-state index contributed by atoms with van der Waals surface area (Å²) in [7, 11) is 1.62. The Hall–Kier alpha value is -3.99. The van der Waals surface area contributed by atoms with Crippen LogP contribution in [0.1, 0.15) is 23.0 Å². The molecule has 0 spiro atoms. The Kier molecular flexibility index (Phi) is 5.15. The Balaban J connectivity index is 1.61. The summed E-state index contributed by atoms with van der Waals surface area (Å²) in [5.41, 5.74) is 6.57. The standard InChI is InChI=1S/C26H22N4O/c1-31-25-14-13-20(16-28-25)26-29-17-23-22(19-8-3-2-4-9-19)11-7-12-24(23)30(26)18-21-10-5-6-15-27-21/h2-17,26H,18H2,1H3. The topological polar surface area (TPSA) is 50.6 Å². The number of aromatic nitrogens is 2. The number of rotatable bonds is 5. The zero-order chi connectivity index (χ0) is 21.0. The first-order valence-corrected chi connectivity index (χ1v) is 10.2. The minimum Gasteiger partial charge on any atom is -0.481 e. The second kappa shape index (κ2) is 8.40. The van der Waals surface area contributed by atoms with Crippen molar-refractivity contribution in [2.24, 2.45) is 4.99 Å². The molecule has 0 N–H and O–H groups in total. The Labute approximate surface area is 181 Å². The van der Waals surface area contributed by atoms with Crippen molar-refractivity contribution in [3.63, 3.8) is 0 Å². The van der Waals surface area contributed by atoms with Crippen molar-refractivity contribution in [1.29, 1.82) is 0 Å². The summed E-state index contributed by atoms with van der Waals surface area (Å²) in [5, 5.41) is 0. The number of benzene rings is 2. The van der Waals surface area contributed by atoms with E-state index in [4.69, 9.17) is 9.73 Å². The van der Waals surface area contributed by atoms with Crippen LogP contribution < -0.4 is 9.64 Å². The minimum absolute atomic E-state index is 0.195. The van der Waals surface area contributed by atoms with Gasteiger partial charge in [-0.15, -0.1) is 0 Å². The number of pyridine rings is 2. The fourth-order valence-electron chi connectivity index (χ4n) is 3.93. The molecule has 1 aliphatic rings. The van der Waals surface area contributed by atoms with Gasteiger partial charge in [0.1, 0.15) is 6.17 Å². The first-order valence-electron chi connectivity index (χ1n) is 10.2. The van der Waals surface area contributed by atoms with E-state index in [1.165, 1.54) is 11.1 Å². The lowest BCUT2D eigenvalue weighted by Crippen LogP contribution is -2.31. The molecule has 0 bridgehead atoms. The van der Waals surface area contributed by atoms with Crippen LogP contribution in [0.4, 0.5) is 5.69 Å². The van der Waals surface area contributed by atoms with Crippen LogP contribution in [0, 0.1) is 0 Å². The lowest BCUT2D eigenvalue weighted by molar-refractivity contribution is 0.397. The molecular weight excluding hydrogens is 384 g/mol. The maximum Gasteiger partial charge on any atom is 0.212 e. The maximum absolute atomic E-state index is 5.23. The van der Waals surface area contributed by atoms with E-state index in [-0.39, 0.29) is 6.17 Å². The monoisotopic (exact) mass is 406 g/mol. The van der Waals surface area contributed by atoms with Crippen LogP contribution in [-0.4, -0.2) is 23.3 Å². The number of methoxy groups -OCH3 is 1. The van der Waals surface area contributed by atoms with Crippen molar-refractivity contribution < 1.29 is 4.74 Å².